The fourth-order valence-electron chi connectivity index (χ4n) is 1.68. The highest BCUT2D eigenvalue weighted by molar-refractivity contribution is 7.98. The zero-order valence-corrected chi connectivity index (χ0v) is 11.7. The third kappa shape index (κ3) is 4.14. The number of halogens is 2. The number of nitrogens with zero attached hydrogens (tertiary/aromatic N) is 1. The van der Waals surface area contributed by atoms with Crippen LogP contribution >= 0.6 is 23.4 Å². The lowest BCUT2D eigenvalue weighted by Crippen LogP contribution is -2.32. The maximum absolute atomic E-state index is 13.1. The van der Waals surface area contributed by atoms with Gasteiger partial charge >= 0.3 is 0 Å². The number of benzene rings is 1. The normalized spacial score (nSPS) is 13.1. The SMILES string of the molecule is CSCCN(C)C(CN)c1ccc(F)c(Cl)c1. The lowest BCUT2D eigenvalue weighted by molar-refractivity contribution is 0.265. The van der Waals surface area contributed by atoms with Gasteiger partial charge in [-0.05, 0) is 31.0 Å². The third-order valence-corrected chi connectivity index (χ3v) is 3.61. The maximum atomic E-state index is 13.1. The molecule has 0 radical (unpaired) electrons. The summed E-state index contributed by atoms with van der Waals surface area (Å²) in [6.45, 7) is 1.44. The molecule has 0 fully saturated rings. The van der Waals surface area contributed by atoms with E-state index in [4.69, 9.17) is 17.3 Å². The molecule has 1 aromatic carbocycles. The molecule has 1 rings (SSSR count). The van der Waals surface area contributed by atoms with Gasteiger partial charge in [-0.25, -0.2) is 4.39 Å². The van der Waals surface area contributed by atoms with E-state index in [-0.39, 0.29) is 11.1 Å². The quantitative estimate of drug-likeness (QED) is 0.866. The van der Waals surface area contributed by atoms with Gasteiger partial charge in [-0.3, -0.25) is 4.90 Å². The van der Waals surface area contributed by atoms with Crippen molar-refractivity contribution in [2.45, 2.75) is 6.04 Å². The molecule has 1 unspecified atom stereocenters. The molecule has 0 spiro atoms. The molecule has 0 aliphatic heterocycles. The van der Waals surface area contributed by atoms with Crippen molar-refractivity contribution < 1.29 is 4.39 Å². The topological polar surface area (TPSA) is 29.3 Å². The Kier molecular flexibility index (Phi) is 6.27. The highest BCUT2D eigenvalue weighted by atomic mass is 35.5. The van der Waals surface area contributed by atoms with Gasteiger partial charge in [0.15, 0.2) is 0 Å². The minimum Gasteiger partial charge on any atom is -0.329 e. The first-order chi connectivity index (χ1) is 8.10. The number of likely N-dealkylation sites (N-methyl/N-ethyl adjacent to an activating group) is 1. The Hall–Kier alpha value is -0.290. The van der Waals surface area contributed by atoms with Gasteiger partial charge in [-0.15, -0.1) is 0 Å². The molecule has 0 amide bonds. The van der Waals surface area contributed by atoms with Gasteiger partial charge in [0.1, 0.15) is 5.82 Å². The highest BCUT2D eigenvalue weighted by Gasteiger charge is 2.16. The van der Waals surface area contributed by atoms with E-state index < -0.39 is 5.82 Å². The lowest BCUT2D eigenvalue weighted by atomic mass is 10.1. The van der Waals surface area contributed by atoms with Crippen LogP contribution in [-0.2, 0) is 0 Å². The predicted octanol–water partition coefficient (Wildman–Crippen LogP) is 2.77. The summed E-state index contributed by atoms with van der Waals surface area (Å²) in [6.07, 6.45) is 2.07. The molecule has 1 aromatic rings. The first kappa shape index (κ1) is 14.8. The molecule has 0 heterocycles. The number of hydrogen-bond acceptors (Lipinski definition) is 3. The fourth-order valence-corrected chi connectivity index (χ4v) is 2.34. The van der Waals surface area contributed by atoms with Crippen LogP contribution in [0.3, 0.4) is 0 Å². The smallest absolute Gasteiger partial charge is 0.141 e. The summed E-state index contributed by atoms with van der Waals surface area (Å²) in [7, 11) is 2.02. The van der Waals surface area contributed by atoms with Crippen molar-refractivity contribution in [1.82, 2.24) is 4.90 Å². The van der Waals surface area contributed by atoms with Crippen LogP contribution in [0.15, 0.2) is 18.2 Å². The number of hydrogen-bond donors (Lipinski definition) is 1. The van der Waals surface area contributed by atoms with E-state index in [1.807, 2.05) is 7.05 Å². The average Bonchev–Trinajstić information content (AvgIpc) is 2.32. The van der Waals surface area contributed by atoms with Gasteiger partial charge < -0.3 is 5.73 Å². The molecule has 2 N–H and O–H groups in total. The standard InChI is InChI=1S/C12H18ClFN2S/c1-16(5-6-17-2)12(8-15)9-3-4-11(14)10(13)7-9/h3-4,7,12H,5-6,8,15H2,1-2H3. The van der Waals surface area contributed by atoms with Crippen molar-refractivity contribution in [2.75, 3.05) is 32.1 Å². The van der Waals surface area contributed by atoms with Crippen molar-refractivity contribution >= 4 is 23.4 Å². The largest absolute Gasteiger partial charge is 0.329 e. The molecular formula is C12H18ClFN2S. The first-order valence-corrected chi connectivity index (χ1v) is 7.21. The zero-order chi connectivity index (χ0) is 12.8. The van der Waals surface area contributed by atoms with E-state index in [0.717, 1.165) is 17.9 Å². The number of thioether (sulfide) groups is 1. The molecule has 0 saturated heterocycles. The van der Waals surface area contributed by atoms with E-state index in [0.29, 0.717) is 6.54 Å². The Morgan fingerprint density at radius 2 is 2.24 bits per heavy atom. The summed E-state index contributed by atoms with van der Waals surface area (Å²) >= 11 is 7.58. The second-order valence-electron chi connectivity index (χ2n) is 3.90. The monoisotopic (exact) mass is 276 g/mol. The number of nitrogens with two attached hydrogens (primary N) is 1. The van der Waals surface area contributed by atoms with Gasteiger partial charge in [0.05, 0.1) is 5.02 Å². The summed E-state index contributed by atoms with van der Waals surface area (Å²) < 4.78 is 13.1. The molecule has 96 valence electrons. The molecule has 0 aliphatic carbocycles. The molecule has 0 bridgehead atoms. The first-order valence-electron chi connectivity index (χ1n) is 5.44. The number of rotatable bonds is 6. The second-order valence-corrected chi connectivity index (χ2v) is 5.29. The highest BCUT2D eigenvalue weighted by Crippen LogP contribution is 2.23. The zero-order valence-electron chi connectivity index (χ0n) is 10.1. The van der Waals surface area contributed by atoms with E-state index in [1.54, 1.807) is 23.9 Å². The molecule has 0 aromatic heterocycles. The van der Waals surface area contributed by atoms with Crippen molar-refractivity contribution in [3.05, 3.63) is 34.6 Å². The van der Waals surface area contributed by atoms with Crippen molar-refractivity contribution in [1.29, 1.82) is 0 Å². The fraction of sp³-hybridized carbons (Fsp3) is 0.500. The molecule has 5 heteroatoms. The molecule has 1 atom stereocenters. The van der Waals surface area contributed by atoms with E-state index in [1.165, 1.54) is 6.07 Å². The van der Waals surface area contributed by atoms with Crippen LogP contribution in [0.25, 0.3) is 0 Å². The Balaban J connectivity index is 2.81. The Labute approximate surface area is 111 Å². The van der Waals surface area contributed by atoms with Crippen LogP contribution in [0.5, 0.6) is 0 Å². The summed E-state index contributed by atoms with van der Waals surface area (Å²) in [5.41, 5.74) is 6.74. The molecule has 0 saturated carbocycles. The molecule has 0 aliphatic rings. The van der Waals surface area contributed by atoms with Crippen molar-refractivity contribution in [3.8, 4) is 0 Å². The van der Waals surface area contributed by atoms with Crippen molar-refractivity contribution in [2.24, 2.45) is 5.73 Å². The molecular weight excluding hydrogens is 259 g/mol. The summed E-state index contributed by atoms with van der Waals surface area (Å²) in [5.74, 6) is 0.653. The Morgan fingerprint density at radius 3 is 2.76 bits per heavy atom. The van der Waals surface area contributed by atoms with Gasteiger partial charge in [0, 0.05) is 24.9 Å². The van der Waals surface area contributed by atoms with Gasteiger partial charge in [-0.2, -0.15) is 11.8 Å². The van der Waals surface area contributed by atoms with Gasteiger partial charge in [0.25, 0.3) is 0 Å². The van der Waals surface area contributed by atoms with Crippen molar-refractivity contribution in [3.63, 3.8) is 0 Å². The van der Waals surface area contributed by atoms with Gasteiger partial charge in [0.2, 0.25) is 0 Å². The van der Waals surface area contributed by atoms with E-state index >= 15 is 0 Å². The summed E-state index contributed by atoms with van der Waals surface area (Å²) in [4.78, 5) is 2.17. The lowest BCUT2D eigenvalue weighted by Gasteiger charge is -2.27. The van der Waals surface area contributed by atoms with Crippen LogP contribution in [0.2, 0.25) is 5.02 Å². The average molecular weight is 277 g/mol. The molecule has 17 heavy (non-hydrogen) atoms. The van der Waals surface area contributed by atoms with Gasteiger partial charge in [-0.1, -0.05) is 17.7 Å². The predicted molar refractivity (Wildman–Crippen MR) is 74.2 cm³/mol. The third-order valence-electron chi connectivity index (χ3n) is 2.73. The van der Waals surface area contributed by atoms with Crippen LogP contribution in [0.1, 0.15) is 11.6 Å². The Morgan fingerprint density at radius 1 is 1.53 bits per heavy atom. The summed E-state index contributed by atoms with van der Waals surface area (Å²) in [6, 6.07) is 4.88. The second kappa shape index (κ2) is 7.21. The maximum Gasteiger partial charge on any atom is 0.141 e. The van der Waals surface area contributed by atoms with E-state index in [2.05, 4.69) is 11.2 Å². The van der Waals surface area contributed by atoms with Crippen LogP contribution < -0.4 is 5.73 Å². The minimum absolute atomic E-state index is 0.0836. The minimum atomic E-state index is -0.391. The van der Waals surface area contributed by atoms with Crippen LogP contribution in [0.4, 0.5) is 4.39 Å². The molecule has 2 nitrogen and oxygen atoms in total. The van der Waals surface area contributed by atoms with Crippen LogP contribution in [0, 0.1) is 5.82 Å². The van der Waals surface area contributed by atoms with Crippen LogP contribution in [-0.4, -0.2) is 37.0 Å². The van der Waals surface area contributed by atoms with E-state index in [9.17, 15) is 4.39 Å². The Bertz CT molecular complexity index is 362. The summed E-state index contributed by atoms with van der Waals surface area (Å²) in [5, 5.41) is 0.152.